The summed E-state index contributed by atoms with van der Waals surface area (Å²) in [5.74, 6) is 0. The van der Waals surface area contributed by atoms with E-state index in [1.165, 1.54) is 6.07 Å². The molecule has 2 aromatic rings. The lowest BCUT2D eigenvalue weighted by molar-refractivity contribution is -0.384. The van der Waals surface area contributed by atoms with E-state index in [1.807, 2.05) is 6.07 Å². The van der Waals surface area contributed by atoms with E-state index in [2.05, 4.69) is 0 Å². The molecule has 0 unspecified atom stereocenters. The van der Waals surface area contributed by atoms with Crippen molar-refractivity contribution >= 4 is 5.69 Å². The quantitative estimate of drug-likeness (QED) is 0.581. The van der Waals surface area contributed by atoms with Crippen LogP contribution in [0.25, 0.3) is 11.1 Å². The Labute approximate surface area is 97.9 Å². The van der Waals surface area contributed by atoms with Gasteiger partial charge in [0.15, 0.2) is 0 Å². The average molecular weight is 224 g/mol. The molecule has 0 heterocycles. The summed E-state index contributed by atoms with van der Waals surface area (Å²) in [5, 5.41) is 19.9. The fourth-order valence-corrected chi connectivity index (χ4v) is 1.68. The number of hydrogen-bond donors (Lipinski definition) is 0. The maximum absolute atomic E-state index is 10.9. The normalized spacial score (nSPS) is 9.59. The molecule has 0 spiro atoms. The summed E-state index contributed by atoms with van der Waals surface area (Å²) < 4.78 is 0. The van der Waals surface area contributed by atoms with Crippen molar-refractivity contribution in [2.75, 3.05) is 0 Å². The molecule has 0 N–H and O–H groups in total. The number of nitro benzene ring substituents is 1. The zero-order valence-electron chi connectivity index (χ0n) is 8.83. The van der Waals surface area contributed by atoms with Crippen LogP contribution in [0.3, 0.4) is 0 Å². The molecule has 0 aliphatic carbocycles. The molecule has 4 nitrogen and oxygen atoms in total. The van der Waals surface area contributed by atoms with Crippen LogP contribution in [0.5, 0.6) is 0 Å². The first-order valence-electron chi connectivity index (χ1n) is 4.97. The van der Waals surface area contributed by atoms with Gasteiger partial charge in [0.1, 0.15) is 0 Å². The molecule has 0 atom stereocenters. The van der Waals surface area contributed by atoms with Crippen LogP contribution in [0.2, 0.25) is 0 Å². The van der Waals surface area contributed by atoms with Gasteiger partial charge < -0.3 is 0 Å². The first kappa shape index (κ1) is 10.8. The second-order valence-electron chi connectivity index (χ2n) is 3.43. The highest BCUT2D eigenvalue weighted by Gasteiger charge is 2.16. The lowest BCUT2D eigenvalue weighted by Crippen LogP contribution is -1.92. The van der Waals surface area contributed by atoms with Crippen LogP contribution in [-0.4, -0.2) is 4.92 Å². The minimum absolute atomic E-state index is 0.00944. The van der Waals surface area contributed by atoms with Gasteiger partial charge in [0.25, 0.3) is 5.69 Å². The Bertz CT molecular complexity index is 615. The third-order valence-electron chi connectivity index (χ3n) is 2.44. The number of para-hydroxylation sites is 1. The van der Waals surface area contributed by atoms with Gasteiger partial charge in [0.05, 0.1) is 22.1 Å². The van der Waals surface area contributed by atoms with E-state index < -0.39 is 4.92 Å². The number of nitro groups is 1. The van der Waals surface area contributed by atoms with Gasteiger partial charge in [0, 0.05) is 11.6 Å². The van der Waals surface area contributed by atoms with Crippen LogP contribution in [-0.2, 0) is 0 Å². The van der Waals surface area contributed by atoms with Gasteiger partial charge in [-0.05, 0) is 12.1 Å². The zero-order valence-corrected chi connectivity index (χ0v) is 8.83. The molecule has 0 radical (unpaired) electrons. The molecule has 0 aromatic heterocycles. The number of nitriles is 1. The van der Waals surface area contributed by atoms with Gasteiger partial charge in [0.2, 0.25) is 0 Å². The molecule has 2 rings (SSSR count). The van der Waals surface area contributed by atoms with Crippen LogP contribution >= 0.6 is 0 Å². The second-order valence-corrected chi connectivity index (χ2v) is 3.43. The molecule has 2 aromatic carbocycles. The maximum atomic E-state index is 10.9. The Kier molecular flexibility index (Phi) is 2.84. The van der Waals surface area contributed by atoms with Crippen LogP contribution in [0.1, 0.15) is 5.56 Å². The van der Waals surface area contributed by atoms with E-state index in [-0.39, 0.29) is 5.69 Å². The van der Waals surface area contributed by atoms with E-state index in [0.717, 1.165) is 0 Å². The Balaban J connectivity index is 2.69. The van der Waals surface area contributed by atoms with Crippen molar-refractivity contribution in [1.82, 2.24) is 0 Å². The van der Waals surface area contributed by atoms with E-state index in [0.29, 0.717) is 16.7 Å². The van der Waals surface area contributed by atoms with Crippen LogP contribution < -0.4 is 0 Å². The number of hydrogen-bond acceptors (Lipinski definition) is 3. The van der Waals surface area contributed by atoms with Crippen molar-refractivity contribution in [3.63, 3.8) is 0 Å². The number of rotatable bonds is 2. The van der Waals surface area contributed by atoms with Crippen molar-refractivity contribution in [3.05, 3.63) is 64.2 Å². The Hall–Kier alpha value is -2.67. The lowest BCUT2D eigenvalue weighted by Gasteiger charge is -2.04. The highest BCUT2D eigenvalue weighted by molar-refractivity contribution is 5.77. The molecule has 17 heavy (non-hydrogen) atoms. The van der Waals surface area contributed by atoms with E-state index >= 15 is 0 Å². The van der Waals surface area contributed by atoms with Crippen LogP contribution in [0.4, 0.5) is 5.69 Å². The van der Waals surface area contributed by atoms with Gasteiger partial charge in [-0.3, -0.25) is 10.1 Å². The summed E-state index contributed by atoms with van der Waals surface area (Å²) in [6.07, 6.45) is 0. The fraction of sp³-hybridized carbons (Fsp3) is 0. The highest BCUT2D eigenvalue weighted by Crippen LogP contribution is 2.31. The predicted molar refractivity (Wildman–Crippen MR) is 63.2 cm³/mol. The summed E-state index contributed by atoms with van der Waals surface area (Å²) in [6, 6.07) is 15.3. The van der Waals surface area contributed by atoms with Crippen molar-refractivity contribution < 1.29 is 4.92 Å². The summed E-state index contributed by atoms with van der Waals surface area (Å²) in [5.41, 5.74) is 1.49. The molecule has 0 bridgehead atoms. The van der Waals surface area contributed by atoms with Crippen LogP contribution in [0, 0.1) is 21.4 Å². The maximum Gasteiger partial charge on any atom is 0.277 e. The van der Waals surface area contributed by atoms with E-state index in [9.17, 15) is 10.1 Å². The molecule has 0 saturated carbocycles. The predicted octanol–water partition coefficient (Wildman–Crippen LogP) is 3.13. The monoisotopic (exact) mass is 224 g/mol. The molecule has 82 valence electrons. The molecule has 0 saturated heterocycles. The first-order chi connectivity index (χ1) is 8.24. The van der Waals surface area contributed by atoms with Gasteiger partial charge in [-0.15, -0.1) is 0 Å². The number of benzene rings is 2. The average Bonchev–Trinajstić information content (AvgIpc) is 2.38. The minimum atomic E-state index is -0.441. The van der Waals surface area contributed by atoms with E-state index in [1.54, 1.807) is 42.5 Å². The van der Waals surface area contributed by atoms with Gasteiger partial charge in [-0.2, -0.15) is 5.26 Å². The first-order valence-corrected chi connectivity index (χ1v) is 4.97. The van der Waals surface area contributed by atoms with Crippen molar-refractivity contribution in [2.45, 2.75) is 0 Å². The highest BCUT2D eigenvalue weighted by atomic mass is 16.6. The molecule has 4 heteroatoms. The van der Waals surface area contributed by atoms with Crippen molar-refractivity contribution in [3.8, 4) is 17.2 Å². The molecule has 0 amide bonds. The summed E-state index contributed by atoms with van der Waals surface area (Å²) >= 11 is 0. The summed E-state index contributed by atoms with van der Waals surface area (Å²) in [6.45, 7) is 0. The second kappa shape index (κ2) is 4.45. The van der Waals surface area contributed by atoms with E-state index in [4.69, 9.17) is 5.26 Å². The van der Waals surface area contributed by atoms with Gasteiger partial charge in [-0.25, -0.2) is 0 Å². The summed E-state index contributed by atoms with van der Waals surface area (Å²) in [4.78, 5) is 10.5. The topological polar surface area (TPSA) is 66.9 Å². The van der Waals surface area contributed by atoms with Gasteiger partial charge >= 0.3 is 0 Å². The molecular formula is C13H8N2O2. The standard InChI is InChI=1S/C13H8N2O2/c14-9-10-5-1-2-6-11(10)12-7-3-4-8-13(12)15(16)17/h1-8H. The molecule has 0 fully saturated rings. The number of nitrogens with zero attached hydrogens (tertiary/aromatic N) is 2. The fourth-order valence-electron chi connectivity index (χ4n) is 1.68. The van der Waals surface area contributed by atoms with Gasteiger partial charge in [-0.1, -0.05) is 30.3 Å². The molecule has 0 aliphatic heterocycles. The van der Waals surface area contributed by atoms with Crippen molar-refractivity contribution in [1.29, 1.82) is 5.26 Å². The summed E-state index contributed by atoms with van der Waals surface area (Å²) in [7, 11) is 0. The minimum Gasteiger partial charge on any atom is -0.258 e. The van der Waals surface area contributed by atoms with Crippen molar-refractivity contribution in [2.24, 2.45) is 0 Å². The Morgan fingerprint density at radius 1 is 1.00 bits per heavy atom. The third-order valence-corrected chi connectivity index (χ3v) is 2.44. The third kappa shape index (κ3) is 1.99. The Morgan fingerprint density at radius 2 is 1.59 bits per heavy atom. The lowest BCUT2D eigenvalue weighted by atomic mass is 9.99. The zero-order chi connectivity index (χ0) is 12.3. The SMILES string of the molecule is N#Cc1ccccc1-c1ccccc1[N+](=O)[O-]. The largest absolute Gasteiger partial charge is 0.277 e. The molecular weight excluding hydrogens is 216 g/mol. The smallest absolute Gasteiger partial charge is 0.258 e. The Morgan fingerprint density at radius 3 is 2.24 bits per heavy atom. The molecule has 0 aliphatic rings. The van der Waals surface area contributed by atoms with Crippen LogP contribution in [0.15, 0.2) is 48.5 Å².